The first-order valence-electron chi connectivity index (χ1n) is 6.41. The van der Waals surface area contributed by atoms with Gasteiger partial charge in [-0.05, 0) is 39.8 Å². The Morgan fingerprint density at radius 3 is 2.61 bits per heavy atom. The first-order chi connectivity index (χ1) is 8.51. The maximum atomic E-state index is 4.67. The van der Waals surface area contributed by atoms with Crippen LogP contribution in [0.3, 0.4) is 0 Å². The van der Waals surface area contributed by atoms with Crippen molar-refractivity contribution in [2.45, 2.75) is 33.2 Å². The van der Waals surface area contributed by atoms with Crippen molar-refractivity contribution in [2.75, 3.05) is 7.05 Å². The molecule has 2 atom stereocenters. The standard InChI is InChI=1S/C16H24N2/c1-7-8-12(4)14-9-10-15(16(14)17-6)18-13(5)11(2)3/h7-8,10,14,16-17H,2,4,9H2,1,3,5-6H3/b8-7-,18-13?. The van der Waals surface area contributed by atoms with Gasteiger partial charge in [-0.2, -0.15) is 0 Å². The van der Waals surface area contributed by atoms with Crippen molar-refractivity contribution >= 4 is 5.71 Å². The van der Waals surface area contributed by atoms with Crippen LogP contribution in [0.1, 0.15) is 27.2 Å². The first-order valence-corrected chi connectivity index (χ1v) is 6.41. The minimum absolute atomic E-state index is 0.253. The van der Waals surface area contributed by atoms with Crippen molar-refractivity contribution in [1.82, 2.24) is 5.32 Å². The van der Waals surface area contributed by atoms with Crippen LogP contribution in [0.15, 0.2) is 53.2 Å². The van der Waals surface area contributed by atoms with Crippen molar-refractivity contribution < 1.29 is 0 Å². The van der Waals surface area contributed by atoms with Gasteiger partial charge in [-0.25, -0.2) is 0 Å². The molecule has 1 N–H and O–H groups in total. The van der Waals surface area contributed by atoms with E-state index in [2.05, 4.69) is 35.6 Å². The lowest BCUT2D eigenvalue weighted by Gasteiger charge is -2.21. The van der Waals surface area contributed by atoms with Gasteiger partial charge in [0.15, 0.2) is 0 Å². The third-order valence-electron chi connectivity index (χ3n) is 3.38. The maximum absolute atomic E-state index is 4.67. The maximum Gasteiger partial charge on any atom is 0.0561 e. The Labute approximate surface area is 111 Å². The highest BCUT2D eigenvalue weighted by atomic mass is 15.0. The smallest absolute Gasteiger partial charge is 0.0561 e. The molecule has 0 heterocycles. The summed E-state index contributed by atoms with van der Waals surface area (Å²) in [5.41, 5.74) is 4.28. The van der Waals surface area contributed by atoms with Crippen LogP contribution in [0, 0.1) is 5.92 Å². The van der Waals surface area contributed by atoms with Gasteiger partial charge in [0, 0.05) is 11.6 Å². The van der Waals surface area contributed by atoms with Crippen molar-refractivity contribution in [1.29, 1.82) is 0 Å². The lowest BCUT2D eigenvalue weighted by Crippen LogP contribution is -2.32. The summed E-state index contributed by atoms with van der Waals surface area (Å²) in [6, 6.07) is 0.253. The van der Waals surface area contributed by atoms with Crippen LogP contribution in [0.4, 0.5) is 0 Å². The molecule has 0 fully saturated rings. The van der Waals surface area contributed by atoms with Crippen LogP contribution in [-0.4, -0.2) is 18.8 Å². The van der Waals surface area contributed by atoms with Crippen molar-refractivity contribution in [2.24, 2.45) is 10.9 Å². The van der Waals surface area contributed by atoms with Crippen LogP contribution in [0.2, 0.25) is 0 Å². The molecule has 0 bridgehead atoms. The van der Waals surface area contributed by atoms with Crippen LogP contribution < -0.4 is 5.32 Å². The molecule has 0 amide bonds. The summed E-state index contributed by atoms with van der Waals surface area (Å²) in [6.07, 6.45) is 7.32. The minimum Gasteiger partial charge on any atom is -0.311 e. The van der Waals surface area contributed by atoms with Gasteiger partial charge in [0.25, 0.3) is 0 Å². The van der Waals surface area contributed by atoms with E-state index in [1.54, 1.807) is 0 Å². The van der Waals surface area contributed by atoms with E-state index in [1.807, 2.05) is 33.9 Å². The second kappa shape index (κ2) is 6.50. The van der Waals surface area contributed by atoms with Crippen LogP contribution in [-0.2, 0) is 0 Å². The fraction of sp³-hybridized carbons (Fsp3) is 0.438. The van der Waals surface area contributed by atoms with E-state index in [1.165, 1.54) is 0 Å². The molecule has 98 valence electrons. The molecule has 0 aliphatic heterocycles. The summed E-state index contributed by atoms with van der Waals surface area (Å²) >= 11 is 0. The monoisotopic (exact) mass is 244 g/mol. The molecule has 0 spiro atoms. The second-order valence-electron chi connectivity index (χ2n) is 4.79. The lowest BCUT2D eigenvalue weighted by atomic mass is 9.93. The molecule has 18 heavy (non-hydrogen) atoms. The van der Waals surface area contributed by atoms with Crippen molar-refractivity contribution in [3.63, 3.8) is 0 Å². The fourth-order valence-corrected chi connectivity index (χ4v) is 2.17. The van der Waals surface area contributed by atoms with E-state index in [0.29, 0.717) is 5.92 Å². The molecule has 0 aromatic heterocycles. The quantitative estimate of drug-likeness (QED) is 0.579. The Hall–Kier alpha value is -1.41. The zero-order chi connectivity index (χ0) is 13.7. The van der Waals surface area contributed by atoms with E-state index < -0.39 is 0 Å². The predicted molar refractivity (Wildman–Crippen MR) is 80.9 cm³/mol. The van der Waals surface area contributed by atoms with Crippen LogP contribution in [0.25, 0.3) is 0 Å². The van der Waals surface area contributed by atoms with E-state index in [-0.39, 0.29) is 6.04 Å². The topological polar surface area (TPSA) is 24.4 Å². The molecular weight excluding hydrogens is 220 g/mol. The number of likely N-dealkylation sites (N-methyl/N-ethyl adjacent to an activating group) is 1. The Kier molecular flexibility index (Phi) is 5.29. The van der Waals surface area contributed by atoms with E-state index in [9.17, 15) is 0 Å². The zero-order valence-corrected chi connectivity index (χ0v) is 12.0. The van der Waals surface area contributed by atoms with E-state index in [4.69, 9.17) is 0 Å². The molecule has 0 saturated carbocycles. The van der Waals surface area contributed by atoms with Crippen LogP contribution in [0.5, 0.6) is 0 Å². The molecule has 2 unspecified atom stereocenters. The van der Waals surface area contributed by atoms with Gasteiger partial charge < -0.3 is 5.32 Å². The second-order valence-corrected chi connectivity index (χ2v) is 4.79. The lowest BCUT2D eigenvalue weighted by molar-refractivity contribution is 0.508. The highest BCUT2D eigenvalue weighted by molar-refractivity contribution is 5.97. The molecule has 0 aromatic rings. The Morgan fingerprint density at radius 1 is 1.44 bits per heavy atom. The molecule has 0 saturated heterocycles. The highest BCUT2D eigenvalue weighted by Crippen LogP contribution is 2.32. The van der Waals surface area contributed by atoms with Crippen molar-refractivity contribution in [3.8, 4) is 0 Å². The van der Waals surface area contributed by atoms with Gasteiger partial charge in [0.1, 0.15) is 0 Å². The average Bonchev–Trinajstić information content (AvgIpc) is 2.72. The number of rotatable bonds is 5. The number of nitrogens with zero attached hydrogens (tertiary/aromatic N) is 1. The molecular formula is C16H24N2. The number of hydrogen-bond donors (Lipinski definition) is 1. The summed E-state index contributed by atoms with van der Waals surface area (Å²) in [5, 5.41) is 3.35. The van der Waals surface area contributed by atoms with Crippen molar-refractivity contribution in [3.05, 3.63) is 48.2 Å². The van der Waals surface area contributed by atoms with Gasteiger partial charge >= 0.3 is 0 Å². The zero-order valence-electron chi connectivity index (χ0n) is 12.0. The molecule has 1 aliphatic rings. The number of aliphatic imine (C=N–C) groups is 1. The van der Waals surface area contributed by atoms with E-state index in [0.717, 1.165) is 29.0 Å². The molecule has 2 heteroatoms. The van der Waals surface area contributed by atoms with Gasteiger partial charge in [0.05, 0.1) is 11.7 Å². The summed E-state index contributed by atoms with van der Waals surface area (Å²) in [4.78, 5) is 4.67. The minimum atomic E-state index is 0.253. The first kappa shape index (κ1) is 14.7. The summed E-state index contributed by atoms with van der Waals surface area (Å²) in [6.45, 7) is 14.1. The number of allylic oxidation sites excluding steroid dienone is 4. The highest BCUT2D eigenvalue weighted by Gasteiger charge is 2.29. The normalized spacial score (nSPS) is 24.4. The summed E-state index contributed by atoms with van der Waals surface area (Å²) < 4.78 is 0. The largest absolute Gasteiger partial charge is 0.311 e. The van der Waals surface area contributed by atoms with Gasteiger partial charge in [-0.1, -0.05) is 37.0 Å². The molecule has 1 aliphatic carbocycles. The molecule has 0 aromatic carbocycles. The SMILES string of the molecule is C=C(C)C(C)=NC1=CCC(C(=C)/C=C\C)C1NC. The Balaban J connectivity index is 2.89. The third-order valence-corrected chi connectivity index (χ3v) is 3.38. The Bertz CT molecular complexity index is 424. The molecule has 1 rings (SSSR count). The van der Waals surface area contributed by atoms with Gasteiger partial charge in [-0.15, -0.1) is 0 Å². The van der Waals surface area contributed by atoms with Crippen LogP contribution >= 0.6 is 0 Å². The van der Waals surface area contributed by atoms with E-state index >= 15 is 0 Å². The van der Waals surface area contributed by atoms with Gasteiger partial charge in [-0.3, -0.25) is 4.99 Å². The third kappa shape index (κ3) is 3.30. The average molecular weight is 244 g/mol. The van der Waals surface area contributed by atoms with Gasteiger partial charge in [0.2, 0.25) is 0 Å². The molecule has 2 nitrogen and oxygen atoms in total. The fourth-order valence-electron chi connectivity index (χ4n) is 2.17. The summed E-state index contributed by atoms with van der Waals surface area (Å²) in [5.74, 6) is 0.405. The summed E-state index contributed by atoms with van der Waals surface area (Å²) in [7, 11) is 1.98. The predicted octanol–water partition coefficient (Wildman–Crippen LogP) is 3.65. The number of hydrogen-bond acceptors (Lipinski definition) is 2. The Morgan fingerprint density at radius 2 is 2.11 bits per heavy atom. The number of nitrogens with one attached hydrogen (secondary N) is 1. The molecule has 0 radical (unpaired) electrons.